The summed E-state index contributed by atoms with van der Waals surface area (Å²) in [5.41, 5.74) is 1.06. The summed E-state index contributed by atoms with van der Waals surface area (Å²) in [5.74, 6) is -15.5. The number of carbonyl (C=O) groups is 1. The molecule has 0 amide bonds. The van der Waals surface area contributed by atoms with Crippen molar-refractivity contribution < 1.29 is 66.1 Å². The molecule has 0 N–H and O–H groups in total. The van der Waals surface area contributed by atoms with Crippen LogP contribution in [-0.2, 0) is 21.0 Å². The maximum absolute atomic E-state index is 13.6. The van der Waals surface area contributed by atoms with E-state index in [0.717, 1.165) is 24.5 Å². The quantitative estimate of drug-likeness (QED) is 0.0606. The summed E-state index contributed by atoms with van der Waals surface area (Å²) in [4.78, 5) is 17.8. The summed E-state index contributed by atoms with van der Waals surface area (Å²) in [5, 5.41) is -6.68. The molecule has 0 aliphatic carbocycles. The fourth-order valence-corrected chi connectivity index (χ4v) is 7.84. The molecule has 5 rings (SSSR count). The Hall–Kier alpha value is -4.10. The molecular weight excluding hydrogens is 825 g/mol. The molecule has 5 aromatic carbocycles. The van der Waals surface area contributed by atoms with Crippen LogP contribution in [0.2, 0.25) is 5.02 Å². The maximum atomic E-state index is 13.6. The van der Waals surface area contributed by atoms with Crippen molar-refractivity contribution in [1.29, 1.82) is 0 Å². The monoisotopic (exact) mass is 844 g/mol. The van der Waals surface area contributed by atoms with Crippen molar-refractivity contribution in [3.05, 3.63) is 149 Å². The van der Waals surface area contributed by atoms with Gasteiger partial charge in [-0.05, 0) is 109 Å². The molecule has 19 heteroatoms. The van der Waals surface area contributed by atoms with E-state index >= 15 is 0 Å². The zero-order valence-electron chi connectivity index (χ0n) is 26.4. The first-order chi connectivity index (χ1) is 25.0. The lowest BCUT2D eigenvalue weighted by Crippen LogP contribution is -2.63. The smallest absolute Gasteiger partial charge is 0.460 e. The number of hydrogen-bond acceptors (Lipinski definition) is 5. The lowest BCUT2D eigenvalue weighted by molar-refractivity contribution is -0.382. The predicted molar refractivity (Wildman–Crippen MR) is 177 cm³/mol. The van der Waals surface area contributed by atoms with Gasteiger partial charge in [-0.2, -0.15) is 39.5 Å². The van der Waals surface area contributed by atoms with E-state index in [4.69, 9.17) is 11.6 Å². The topological polar surface area (TPSA) is 74.3 Å². The van der Waals surface area contributed by atoms with Gasteiger partial charge in [0, 0.05) is 20.9 Å². The third-order valence-corrected chi connectivity index (χ3v) is 11.5. The van der Waals surface area contributed by atoms with Gasteiger partial charge >= 0.3 is 23.3 Å². The minimum atomic E-state index is -7.43. The van der Waals surface area contributed by atoms with Crippen LogP contribution < -0.4 is 0 Å². The third-order valence-electron chi connectivity index (χ3n) is 7.06. The molecule has 0 aliphatic heterocycles. The number of hydrogen-bond donors (Lipinski definition) is 0. The average Bonchev–Trinajstić information content (AvgIpc) is 3.10. The van der Waals surface area contributed by atoms with Gasteiger partial charge in [-0.1, -0.05) is 35.5 Å². The van der Waals surface area contributed by atoms with E-state index in [1.807, 2.05) is 48.5 Å². The van der Waals surface area contributed by atoms with E-state index in [1.165, 1.54) is 24.3 Å². The van der Waals surface area contributed by atoms with Crippen LogP contribution in [0.25, 0.3) is 0 Å². The van der Waals surface area contributed by atoms with Crippen LogP contribution in [-0.4, -0.2) is 42.0 Å². The zero-order chi connectivity index (χ0) is 40.3. The number of ketones is 1. The molecular formula is C35H20ClF11O4S3. The summed E-state index contributed by atoms with van der Waals surface area (Å²) >= 11 is 7.77. The highest BCUT2D eigenvalue weighted by Crippen LogP contribution is 2.54. The van der Waals surface area contributed by atoms with E-state index in [-0.39, 0.29) is 17.4 Å². The molecule has 0 saturated carbocycles. The van der Waals surface area contributed by atoms with Crippen LogP contribution in [0.4, 0.5) is 48.3 Å². The van der Waals surface area contributed by atoms with Crippen LogP contribution in [0.3, 0.4) is 0 Å². The Balaban J connectivity index is 0.000000324. The van der Waals surface area contributed by atoms with Crippen LogP contribution in [0.15, 0.2) is 146 Å². The van der Waals surface area contributed by atoms with Crippen molar-refractivity contribution in [3.8, 4) is 0 Å². The van der Waals surface area contributed by atoms with Gasteiger partial charge in [-0.25, -0.2) is 17.2 Å². The van der Waals surface area contributed by atoms with Crippen LogP contribution in [0, 0.1) is 11.6 Å². The van der Waals surface area contributed by atoms with E-state index < -0.39 is 44.3 Å². The molecule has 0 bridgehead atoms. The lowest BCUT2D eigenvalue weighted by atomic mass is 10.0. The van der Waals surface area contributed by atoms with Crippen molar-refractivity contribution in [3.63, 3.8) is 0 Å². The molecule has 286 valence electrons. The Morgan fingerprint density at radius 2 is 0.981 bits per heavy atom. The van der Waals surface area contributed by atoms with Gasteiger partial charge < -0.3 is 4.55 Å². The third kappa shape index (κ3) is 9.22. The van der Waals surface area contributed by atoms with Crippen molar-refractivity contribution in [2.75, 3.05) is 0 Å². The fraction of sp³-hybridized carbons (Fsp3) is 0.114. The Bertz CT molecular complexity index is 2140. The maximum Gasteiger partial charge on any atom is 0.460 e. The molecule has 0 atom stereocenters. The minimum absolute atomic E-state index is 0.111. The van der Waals surface area contributed by atoms with Gasteiger partial charge in [0.05, 0.1) is 15.9 Å². The van der Waals surface area contributed by atoms with Crippen molar-refractivity contribution in [1.82, 2.24) is 0 Å². The summed E-state index contributed by atoms with van der Waals surface area (Å²) < 4.78 is 163. The van der Waals surface area contributed by atoms with Crippen LogP contribution in [0.5, 0.6) is 0 Å². The number of rotatable bonds is 10. The molecule has 0 aromatic heterocycles. The van der Waals surface area contributed by atoms with Gasteiger partial charge in [-0.15, -0.1) is 0 Å². The number of benzene rings is 5. The second-order valence-electron chi connectivity index (χ2n) is 10.7. The number of alkyl halides is 9. The number of carbonyl (C=O) groups excluding carboxylic acids is 1. The van der Waals surface area contributed by atoms with Gasteiger partial charge in [-0.3, -0.25) is 4.79 Å². The molecule has 0 saturated heterocycles. The molecule has 5 aromatic rings. The molecule has 0 spiro atoms. The summed E-state index contributed by atoms with van der Waals surface area (Å²) in [6.45, 7) is 0. The van der Waals surface area contributed by atoms with Crippen LogP contribution in [0.1, 0.15) is 15.9 Å². The van der Waals surface area contributed by atoms with Gasteiger partial charge in [0.2, 0.25) is 0 Å². The second kappa shape index (κ2) is 16.3. The van der Waals surface area contributed by atoms with Gasteiger partial charge in [0.15, 0.2) is 30.6 Å². The first kappa shape index (κ1) is 42.6. The molecule has 0 heterocycles. The average molecular weight is 845 g/mol. The standard InChI is InChI=1S/C31H20ClF2OS2.C4HF9O3S/c32-30-4-2-1-3-29(30)31(35)21-5-11-24(12-6-21)36-25-13-19-28(20-14-25)37(26-15-7-22(33)8-16-26)27-17-9-23(34)10-18-27;5-1(6,3(9,10)11)2(7,8)4(12,13)17(14,15)16/h1-20H;(H,14,15,16)/q+1;/p-1. The highest BCUT2D eigenvalue weighted by Gasteiger charge is 2.83. The summed E-state index contributed by atoms with van der Waals surface area (Å²) in [6, 6.07) is 35.5. The summed E-state index contributed by atoms with van der Waals surface area (Å²) in [6.07, 6.45) is -7.16. The highest BCUT2D eigenvalue weighted by molar-refractivity contribution is 7.99. The van der Waals surface area contributed by atoms with E-state index in [9.17, 15) is 66.1 Å². The lowest BCUT2D eigenvalue weighted by Gasteiger charge is -2.34. The highest BCUT2D eigenvalue weighted by atomic mass is 35.5. The Morgan fingerprint density at radius 1 is 0.593 bits per heavy atom. The second-order valence-corrected chi connectivity index (χ2v) is 15.7. The largest absolute Gasteiger partial charge is 0.743 e. The Labute approximate surface area is 312 Å². The SMILES string of the molecule is O=C(c1ccc(Sc2ccc([S+](c3ccc(F)cc3)c3ccc(F)cc3)cc2)cc1)c1ccccc1Cl.O=S(=O)([O-])C(F)(F)C(F)(F)C(F)(F)C(F)(F)F. The molecule has 0 fully saturated rings. The normalized spacial score (nSPS) is 12.6. The number of halogens is 12. The zero-order valence-corrected chi connectivity index (χ0v) is 29.6. The van der Waals surface area contributed by atoms with Gasteiger partial charge in [0.1, 0.15) is 11.6 Å². The molecule has 4 nitrogen and oxygen atoms in total. The minimum Gasteiger partial charge on any atom is -0.743 e. The fourth-order valence-electron chi connectivity index (χ4n) is 4.32. The molecule has 54 heavy (non-hydrogen) atoms. The first-order valence-corrected chi connectivity index (χ1v) is 18.4. The molecule has 0 unspecified atom stereocenters. The Morgan fingerprint density at radius 3 is 1.37 bits per heavy atom. The summed E-state index contributed by atoms with van der Waals surface area (Å²) in [7, 11) is -7.92. The molecule has 0 radical (unpaired) electrons. The predicted octanol–water partition coefficient (Wildman–Crippen LogP) is 11.1. The first-order valence-electron chi connectivity index (χ1n) is 14.6. The van der Waals surface area contributed by atoms with Crippen LogP contribution >= 0.6 is 23.4 Å². The van der Waals surface area contributed by atoms with Crippen molar-refractivity contribution in [2.45, 2.75) is 47.8 Å². The Kier molecular flexibility index (Phi) is 12.9. The van der Waals surface area contributed by atoms with E-state index in [2.05, 4.69) is 0 Å². The van der Waals surface area contributed by atoms with Crippen molar-refractivity contribution >= 4 is 50.2 Å². The van der Waals surface area contributed by atoms with Gasteiger partial charge in [0.25, 0.3) is 0 Å². The molecule has 0 aliphatic rings. The van der Waals surface area contributed by atoms with E-state index in [0.29, 0.717) is 16.1 Å². The van der Waals surface area contributed by atoms with E-state index in [1.54, 1.807) is 60.3 Å². The van der Waals surface area contributed by atoms with Crippen molar-refractivity contribution in [2.24, 2.45) is 0 Å².